The summed E-state index contributed by atoms with van der Waals surface area (Å²) in [6.07, 6.45) is 0. The molecule has 0 bridgehead atoms. The maximum absolute atomic E-state index is 2.49. The second-order valence-corrected chi connectivity index (χ2v) is 20.1. The summed E-state index contributed by atoms with van der Waals surface area (Å²) in [4.78, 5) is 4.92. The van der Waals surface area contributed by atoms with Gasteiger partial charge in [-0.05, 0) is 151 Å². The van der Waals surface area contributed by atoms with E-state index >= 15 is 0 Å². The molecule has 0 spiro atoms. The molecule has 3 aliphatic rings. The molecule has 2 nitrogen and oxygen atoms in total. The molecule has 10 aromatic carbocycles. The summed E-state index contributed by atoms with van der Waals surface area (Å²) >= 11 is 0. The van der Waals surface area contributed by atoms with Gasteiger partial charge in [0.2, 0.25) is 0 Å². The van der Waals surface area contributed by atoms with Crippen LogP contribution in [0.3, 0.4) is 0 Å². The monoisotopic (exact) mass is 884 g/mol. The van der Waals surface area contributed by atoms with E-state index in [-0.39, 0.29) is 10.8 Å². The highest BCUT2D eigenvalue weighted by atomic mass is 15.1. The van der Waals surface area contributed by atoms with Gasteiger partial charge in [0, 0.05) is 45.0 Å². The fourth-order valence-electron chi connectivity index (χ4n) is 12.5. The van der Waals surface area contributed by atoms with Crippen LogP contribution in [0.4, 0.5) is 34.1 Å². The summed E-state index contributed by atoms with van der Waals surface area (Å²) in [7, 11) is 0. The molecule has 0 radical (unpaired) electrons. The van der Waals surface area contributed by atoms with Crippen LogP contribution in [-0.2, 0) is 16.2 Å². The van der Waals surface area contributed by atoms with Gasteiger partial charge < -0.3 is 9.80 Å². The Morgan fingerprint density at radius 1 is 0.232 bits per heavy atom. The molecule has 0 saturated heterocycles. The molecule has 13 rings (SSSR count). The topological polar surface area (TPSA) is 6.48 Å². The Kier molecular flexibility index (Phi) is 9.17. The minimum absolute atomic E-state index is 0.133. The van der Waals surface area contributed by atoms with Gasteiger partial charge in [-0.1, -0.05) is 198 Å². The highest BCUT2D eigenvalue weighted by molar-refractivity contribution is 5.93. The largest absolute Gasteiger partial charge is 0.310 e. The molecule has 2 heteroatoms. The van der Waals surface area contributed by atoms with Gasteiger partial charge in [0.05, 0.1) is 5.41 Å². The van der Waals surface area contributed by atoms with Crippen molar-refractivity contribution in [3.05, 3.63) is 287 Å². The number of para-hydroxylation sites is 2. The van der Waals surface area contributed by atoms with Crippen molar-refractivity contribution in [1.29, 1.82) is 0 Å². The normalized spacial score (nSPS) is 14.7. The van der Waals surface area contributed by atoms with Gasteiger partial charge in [-0.2, -0.15) is 0 Å². The molecule has 0 amide bonds. The van der Waals surface area contributed by atoms with Gasteiger partial charge in [-0.15, -0.1) is 0 Å². The van der Waals surface area contributed by atoms with Crippen molar-refractivity contribution in [1.82, 2.24) is 0 Å². The number of fused-ring (bicyclic) bond motifs is 9. The first-order valence-electron chi connectivity index (χ1n) is 24.3. The lowest BCUT2D eigenvalue weighted by Crippen LogP contribution is -2.29. The van der Waals surface area contributed by atoms with Crippen LogP contribution < -0.4 is 9.80 Å². The number of benzene rings is 10. The van der Waals surface area contributed by atoms with Crippen LogP contribution in [-0.4, -0.2) is 0 Å². The number of hydrogen-bond donors (Lipinski definition) is 0. The third-order valence-electron chi connectivity index (χ3n) is 15.7. The average Bonchev–Trinajstić information content (AvgIpc) is 3.91. The lowest BCUT2D eigenvalue weighted by Gasteiger charge is -2.36. The minimum Gasteiger partial charge on any atom is -0.310 e. The van der Waals surface area contributed by atoms with Gasteiger partial charge in [0.1, 0.15) is 0 Å². The zero-order valence-corrected chi connectivity index (χ0v) is 39.5. The summed E-state index contributed by atoms with van der Waals surface area (Å²) in [6, 6.07) is 90.6. The minimum atomic E-state index is -0.646. The predicted molar refractivity (Wildman–Crippen MR) is 288 cm³/mol. The van der Waals surface area contributed by atoms with Gasteiger partial charge in [-0.25, -0.2) is 0 Å². The first-order valence-corrected chi connectivity index (χ1v) is 24.3. The molecular formula is C67H52N2. The average molecular weight is 885 g/mol. The molecule has 10 aromatic rings. The second-order valence-electron chi connectivity index (χ2n) is 20.1. The van der Waals surface area contributed by atoms with E-state index in [0.29, 0.717) is 0 Å². The lowest BCUT2D eigenvalue weighted by molar-refractivity contribution is 0.660. The van der Waals surface area contributed by atoms with E-state index in [1.54, 1.807) is 0 Å². The molecule has 69 heavy (non-hydrogen) atoms. The van der Waals surface area contributed by atoms with Crippen molar-refractivity contribution in [2.75, 3.05) is 9.80 Å². The highest BCUT2D eigenvalue weighted by Crippen LogP contribution is 2.59. The van der Waals surface area contributed by atoms with Crippen LogP contribution in [0.5, 0.6) is 0 Å². The van der Waals surface area contributed by atoms with Crippen LogP contribution >= 0.6 is 0 Å². The van der Waals surface area contributed by atoms with Gasteiger partial charge in [0.15, 0.2) is 0 Å². The fourth-order valence-corrected chi connectivity index (χ4v) is 12.5. The van der Waals surface area contributed by atoms with Gasteiger partial charge in [0.25, 0.3) is 0 Å². The van der Waals surface area contributed by atoms with Gasteiger partial charge >= 0.3 is 0 Å². The number of anilines is 6. The van der Waals surface area contributed by atoms with Crippen LogP contribution in [0.25, 0.3) is 33.4 Å². The molecule has 0 atom stereocenters. The van der Waals surface area contributed by atoms with E-state index in [9.17, 15) is 0 Å². The smallest absolute Gasteiger partial charge is 0.0715 e. The Hall–Kier alpha value is -8.20. The second kappa shape index (κ2) is 15.4. The molecule has 0 N–H and O–H groups in total. The number of hydrogen-bond acceptors (Lipinski definition) is 2. The Morgan fingerprint density at radius 2 is 0.507 bits per heavy atom. The van der Waals surface area contributed by atoms with Crippen LogP contribution in [0.15, 0.2) is 243 Å². The van der Waals surface area contributed by atoms with E-state index in [1.165, 1.54) is 77.9 Å². The fraction of sp³-hybridized carbons (Fsp3) is 0.104. The molecule has 0 saturated carbocycles. The van der Waals surface area contributed by atoms with Crippen molar-refractivity contribution in [3.8, 4) is 33.4 Å². The maximum atomic E-state index is 2.49. The standard InChI is InChI=1S/C67H52N2/c1-65(2)59-31-19-17-29-53(59)55-37-33-49(41-61(55)65)68(47-25-13-7-14-26-47)51-35-39-57-58-40-36-52(44-64(58)67(63(57)43-51,45-21-9-5-10-22-45)46-23-11-6-12-24-46)69(48-27-15-8-16-28-48)50-34-38-56-54-30-18-20-32-60(54)66(3,4)62(56)42-50/h5-44H,1-4H3. The summed E-state index contributed by atoms with van der Waals surface area (Å²) in [5.41, 5.74) is 24.1. The van der Waals surface area contributed by atoms with Gasteiger partial charge in [-0.3, -0.25) is 0 Å². The quantitative estimate of drug-likeness (QED) is 0.150. The van der Waals surface area contributed by atoms with Crippen molar-refractivity contribution < 1.29 is 0 Å². The van der Waals surface area contributed by atoms with E-state index < -0.39 is 5.41 Å². The van der Waals surface area contributed by atoms with E-state index in [0.717, 1.165) is 34.1 Å². The van der Waals surface area contributed by atoms with Crippen molar-refractivity contribution in [2.45, 2.75) is 43.9 Å². The van der Waals surface area contributed by atoms with Crippen LogP contribution in [0.2, 0.25) is 0 Å². The van der Waals surface area contributed by atoms with Crippen molar-refractivity contribution >= 4 is 34.1 Å². The molecule has 0 aromatic heterocycles. The Bertz CT molecular complexity index is 3370. The summed E-state index contributed by atoms with van der Waals surface area (Å²) in [5, 5.41) is 0. The zero-order chi connectivity index (χ0) is 46.5. The third kappa shape index (κ3) is 6.04. The first-order chi connectivity index (χ1) is 33.7. The maximum Gasteiger partial charge on any atom is 0.0715 e. The van der Waals surface area contributed by atoms with E-state index in [1.807, 2.05) is 0 Å². The molecule has 330 valence electrons. The molecule has 0 fully saturated rings. The first kappa shape index (κ1) is 41.0. The predicted octanol–water partition coefficient (Wildman–Crippen LogP) is 17.6. The Balaban J connectivity index is 1.03. The zero-order valence-electron chi connectivity index (χ0n) is 39.5. The molecule has 0 heterocycles. The number of rotatable bonds is 8. The molecule has 0 aliphatic heterocycles. The third-order valence-corrected chi connectivity index (χ3v) is 15.7. The van der Waals surface area contributed by atoms with E-state index in [4.69, 9.17) is 0 Å². The van der Waals surface area contributed by atoms with E-state index in [2.05, 4.69) is 280 Å². The SMILES string of the molecule is CC1(C)c2ccccc2-c2ccc(N(c3ccccc3)c3ccc4c(c3)C(c3ccccc3)(c3ccccc3)c3cc(N(c5ccccc5)c5ccc6c(c5)C(C)(C)c5ccccc5-6)ccc3-4)cc21. The lowest BCUT2D eigenvalue weighted by atomic mass is 9.67. The summed E-state index contributed by atoms with van der Waals surface area (Å²) in [6.45, 7) is 9.47. The van der Waals surface area contributed by atoms with Crippen molar-refractivity contribution in [2.24, 2.45) is 0 Å². The highest BCUT2D eigenvalue weighted by Gasteiger charge is 2.47. The Labute approximate surface area is 406 Å². The Morgan fingerprint density at radius 3 is 0.870 bits per heavy atom. The van der Waals surface area contributed by atoms with Crippen LogP contribution in [0.1, 0.15) is 72.2 Å². The van der Waals surface area contributed by atoms with Crippen molar-refractivity contribution in [3.63, 3.8) is 0 Å². The molecule has 3 aliphatic carbocycles. The summed E-state index contributed by atoms with van der Waals surface area (Å²) < 4.78 is 0. The summed E-state index contributed by atoms with van der Waals surface area (Å²) in [5.74, 6) is 0. The number of nitrogens with zero attached hydrogens (tertiary/aromatic N) is 2. The van der Waals surface area contributed by atoms with Crippen LogP contribution in [0, 0.1) is 0 Å². The molecular weight excluding hydrogens is 833 g/mol. The molecule has 0 unspecified atom stereocenters.